The molecule has 5 heteroatoms. The Bertz CT molecular complexity index is 412. The average molecular weight is 310 g/mol. The molecule has 21 heavy (non-hydrogen) atoms. The summed E-state index contributed by atoms with van der Waals surface area (Å²) in [6.45, 7) is 8.21. The molecule has 0 aromatic heterocycles. The lowest BCUT2D eigenvalue weighted by Gasteiger charge is -2.24. The third-order valence-electron chi connectivity index (χ3n) is 3.01. The fourth-order valence-corrected chi connectivity index (χ4v) is 3.14. The molecule has 1 unspecified atom stereocenters. The number of nitrogens with zero attached hydrogens (tertiary/aromatic N) is 1. The molecule has 0 aliphatic rings. The zero-order chi connectivity index (χ0) is 15.7. The molecular weight excluding hydrogens is 284 g/mol. The molecule has 2 N–H and O–H groups in total. The van der Waals surface area contributed by atoms with Gasteiger partial charge in [0.1, 0.15) is 0 Å². The van der Waals surface area contributed by atoms with Crippen molar-refractivity contribution in [2.24, 2.45) is 5.92 Å². The normalized spacial score (nSPS) is 12.6. The maximum Gasteiger partial charge on any atom is 0.404 e. The van der Waals surface area contributed by atoms with E-state index in [0.29, 0.717) is 5.92 Å². The van der Waals surface area contributed by atoms with Gasteiger partial charge in [-0.05, 0) is 24.8 Å². The van der Waals surface area contributed by atoms with Gasteiger partial charge in [0, 0.05) is 24.9 Å². The standard InChI is InChI=1S/C16H26N2O2S/c1-13(2)11-18(10-9-14(3)17-16(19)20)21-12-15-7-5-4-6-8-15/h4-8,13-14,17H,9-12H2,1-3H3,(H,19,20). The topological polar surface area (TPSA) is 52.6 Å². The summed E-state index contributed by atoms with van der Waals surface area (Å²) in [7, 11) is 0. The van der Waals surface area contributed by atoms with E-state index in [9.17, 15) is 4.79 Å². The van der Waals surface area contributed by atoms with Crippen LogP contribution in [0.15, 0.2) is 30.3 Å². The van der Waals surface area contributed by atoms with E-state index in [1.165, 1.54) is 5.56 Å². The fraction of sp³-hybridized carbons (Fsp3) is 0.562. The first kappa shape index (κ1) is 17.9. The molecular formula is C16H26N2O2S. The largest absolute Gasteiger partial charge is 0.465 e. The van der Waals surface area contributed by atoms with Gasteiger partial charge >= 0.3 is 6.09 Å². The minimum absolute atomic E-state index is 0.0190. The van der Waals surface area contributed by atoms with Gasteiger partial charge in [0.2, 0.25) is 0 Å². The first-order chi connectivity index (χ1) is 9.97. The summed E-state index contributed by atoms with van der Waals surface area (Å²) < 4.78 is 2.34. The van der Waals surface area contributed by atoms with E-state index in [1.54, 1.807) is 0 Å². The Hall–Kier alpha value is -1.20. The molecule has 0 aliphatic carbocycles. The Morgan fingerprint density at radius 2 is 1.95 bits per heavy atom. The lowest BCUT2D eigenvalue weighted by Crippen LogP contribution is -2.34. The highest BCUT2D eigenvalue weighted by Crippen LogP contribution is 2.19. The summed E-state index contributed by atoms with van der Waals surface area (Å²) in [5.41, 5.74) is 1.31. The monoisotopic (exact) mass is 310 g/mol. The number of hydrogen-bond acceptors (Lipinski definition) is 3. The number of rotatable bonds is 9. The van der Waals surface area contributed by atoms with Gasteiger partial charge in [0.05, 0.1) is 0 Å². The second kappa shape index (κ2) is 9.68. The summed E-state index contributed by atoms with van der Waals surface area (Å²) in [6.07, 6.45) is -0.129. The van der Waals surface area contributed by atoms with Crippen LogP contribution in [0.5, 0.6) is 0 Å². The quantitative estimate of drug-likeness (QED) is 0.680. The first-order valence-corrected chi connectivity index (χ1v) is 8.33. The molecule has 0 spiro atoms. The van der Waals surface area contributed by atoms with E-state index in [-0.39, 0.29) is 6.04 Å². The molecule has 1 rings (SSSR count). The number of benzene rings is 1. The van der Waals surface area contributed by atoms with Crippen LogP contribution in [0.3, 0.4) is 0 Å². The smallest absolute Gasteiger partial charge is 0.404 e. The Morgan fingerprint density at radius 1 is 1.29 bits per heavy atom. The molecule has 118 valence electrons. The van der Waals surface area contributed by atoms with E-state index in [2.05, 4.69) is 47.7 Å². The van der Waals surface area contributed by atoms with Crippen molar-refractivity contribution in [1.29, 1.82) is 0 Å². The van der Waals surface area contributed by atoms with Gasteiger partial charge in [-0.3, -0.25) is 0 Å². The highest BCUT2D eigenvalue weighted by atomic mass is 32.2. The molecule has 0 heterocycles. The van der Waals surface area contributed by atoms with Crippen molar-refractivity contribution in [3.05, 3.63) is 35.9 Å². The summed E-state index contributed by atoms with van der Waals surface area (Å²) in [4.78, 5) is 10.6. The summed E-state index contributed by atoms with van der Waals surface area (Å²) >= 11 is 1.82. The van der Waals surface area contributed by atoms with E-state index in [4.69, 9.17) is 5.11 Å². The number of nitrogens with one attached hydrogen (secondary N) is 1. The molecule has 0 radical (unpaired) electrons. The van der Waals surface area contributed by atoms with Gasteiger partial charge in [-0.2, -0.15) is 0 Å². The van der Waals surface area contributed by atoms with E-state index in [0.717, 1.165) is 25.3 Å². The van der Waals surface area contributed by atoms with Crippen LogP contribution in [-0.4, -0.2) is 34.6 Å². The molecule has 0 saturated carbocycles. The number of hydrogen-bond donors (Lipinski definition) is 2. The van der Waals surface area contributed by atoms with Crippen LogP contribution in [-0.2, 0) is 5.75 Å². The number of carboxylic acid groups (broad SMARTS) is 1. The molecule has 1 atom stereocenters. The van der Waals surface area contributed by atoms with Crippen LogP contribution in [0.25, 0.3) is 0 Å². The zero-order valence-corrected chi connectivity index (χ0v) is 13.9. The Labute approximate surface area is 132 Å². The van der Waals surface area contributed by atoms with E-state index in [1.807, 2.05) is 24.9 Å². The third kappa shape index (κ3) is 8.63. The van der Waals surface area contributed by atoms with Gasteiger partial charge in [-0.1, -0.05) is 56.1 Å². The molecule has 4 nitrogen and oxygen atoms in total. The van der Waals surface area contributed by atoms with Gasteiger partial charge in [0.25, 0.3) is 0 Å². The van der Waals surface area contributed by atoms with Gasteiger partial charge in [-0.25, -0.2) is 9.10 Å². The molecule has 0 fully saturated rings. The Balaban J connectivity index is 2.42. The predicted molar refractivity (Wildman–Crippen MR) is 89.4 cm³/mol. The second-order valence-corrected chi connectivity index (χ2v) is 6.74. The molecule has 1 amide bonds. The molecule has 1 aromatic rings. The highest BCUT2D eigenvalue weighted by Gasteiger charge is 2.12. The maximum absolute atomic E-state index is 10.6. The van der Waals surface area contributed by atoms with Crippen molar-refractivity contribution < 1.29 is 9.90 Å². The van der Waals surface area contributed by atoms with Crippen molar-refractivity contribution >= 4 is 18.0 Å². The zero-order valence-electron chi connectivity index (χ0n) is 13.1. The SMILES string of the molecule is CC(C)CN(CCC(C)NC(=O)O)SCc1ccccc1. The van der Waals surface area contributed by atoms with Gasteiger partial charge in [0.15, 0.2) is 0 Å². The predicted octanol–water partition coefficient (Wildman–Crippen LogP) is 3.84. The summed E-state index contributed by atoms with van der Waals surface area (Å²) in [5.74, 6) is 1.55. The van der Waals surface area contributed by atoms with Crippen molar-refractivity contribution in [3.8, 4) is 0 Å². The molecule has 1 aromatic carbocycles. The van der Waals surface area contributed by atoms with Crippen LogP contribution >= 0.6 is 11.9 Å². The summed E-state index contributed by atoms with van der Waals surface area (Å²) in [6, 6.07) is 10.4. The highest BCUT2D eigenvalue weighted by molar-refractivity contribution is 7.96. The minimum atomic E-state index is -0.949. The fourth-order valence-electron chi connectivity index (χ4n) is 1.98. The molecule has 0 aliphatic heterocycles. The lowest BCUT2D eigenvalue weighted by molar-refractivity contribution is 0.189. The van der Waals surface area contributed by atoms with Crippen LogP contribution in [0, 0.1) is 5.92 Å². The number of carbonyl (C=O) groups is 1. The van der Waals surface area contributed by atoms with E-state index < -0.39 is 6.09 Å². The van der Waals surface area contributed by atoms with Gasteiger partial charge < -0.3 is 10.4 Å². The Morgan fingerprint density at radius 3 is 2.52 bits per heavy atom. The van der Waals surface area contributed by atoms with Crippen LogP contribution in [0.2, 0.25) is 0 Å². The first-order valence-electron chi connectivity index (χ1n) is 7.38. The second-order valence-electron chi connectivity index (χ2n) is 5.68. The van der Waals surface area contributed by atoms with Gasteiger partial charge in [-0.15, -0.1) is 0 Å². The number of amides is 1. The third-order valence-corrected chi connectivity index (χ3v) is 4.17. The van der Waals surface area contributed by atoms with Crippen molar-refractivity contribution in [1.82, 2.24) is 9.62 Å². The van der Waals surface area contributed by atoms with Crippen molar-refractivity contribution in [3.63, 3.8) is 0 Å². The average Bonchev–Trinajstić information content (AvgIpc) is 2.42. The van der Waals surface area contributed by atoms with Crippen LogP contribution in [0.4, 0.5) is 4.79 Å². The minimum Gasteiger partial charge on any atom is -0.465 e. The molecule has 0 bridgehead atoms. The van der Waals surface area contributed by atoms with Crippen molar-refractivity contribution in [2.45, 2.75) is 39.0 Å². The molecule has 0 saturated heterocycles. The van der Waals surface area contributed by atoms with Crippen LogP contribution < -0.4 is 5.32 Å². The van der Waals surface area contributed by atoms with Crippen molar-refractivity contribution in [2.75, 3.05) is 13.1 Å². The summed E-state index contributed by atoms with van der Waals surface area (Å²) in [5, 5.41) is 11.2. The van der Waals surface area contributed by atoms with Crippen LogP contribution in [0.1, 0.15) is 32.8 Å². The van der Waals surface area contributed by atoms with E-state index >= 15 is 0 Å². The lowest BCUT2D eigenvalue weighted by atomic mass is 10.2. The maximum atomic E-state index is 10.6. The Kier molecular flexibility index (Phi) is 8.23.